The van der Waals surface area contributed by atoms with Crippen LogP contribution in [0.5, 0.6) is 0 Å². The molecule has 1 aliphatic rings. The zero-order valence-corrected chi connectivity index (χ0v) is 14.7. The molecule has 0 saturated heterocycles. The van der Waals surface area contributed by atoms with Crippen LogP contribution in [0.2, 0.25) is 0 Å². The summed E-state index contributed by atoms with van der Waals surface area (Å²) < 4.78 is 13.1. The number of non-ortho nitro benzene ring substituents is 1. The van der Waals surface area contributed by atoms with Crippen LogP contribution in [0.1, 0.15) is 0 Å². The minimum atomic E-state index is -1.49. The van der Waals surface area contributed by atoms with E-state index in [1.807, 2.05) is 24.3 Å². The number of hydrogen-bond donors (Lipinski definition) is 0. The Balaban J connectivity index is 1.88. The van der Waals surface area contributed by atoms with E-state index >= 15 is 0 Å². The summed E-state index contributed by atoms with van der Waals surface area (Å²) >= 11 is 1.40. The van der Waals surface area contributed by atoms with E-state index in [1.165, 1.54) is 17.8 Å². The smallest absolute Gasteiger partial charge is 0.258 e. The molecule has 1 unspecified atom stereocenters. The number of rotatable bonds is 1. The second kappa shape index (κ2) is 5.58. The van der Waals surface area contributed by atoms with E-state index in [9.17, 15) is 14.3 Å². The van der Waals surface area contributed by atoms with Crippen molar-refractivity contribution in [2.45, 2.75) is 19.6 Å². The monoisotopic (exact) mass is 379 g/mol. The number of benzene rings is 2. The molecule has 0 radical (unpaired) electrons. The molecular weight excluding hydrogens is 370 g/mol. The quantitative estimate of drug-likeness (QED) is 0.318. The number of aromatic nitrogens is 2. The fourth-order valence-electron chi connectivity index (χ4n) is 3.12. The molecule has 1 atom stereocenters. The fourth-order valence-corrected chi connectivity index (χ4v) is 6.01. The Morgan fingerprint density at radius 3 is 2.42 bits per heavy atom. The average Bonchev–Trinajstić information content (AvgIpc) is 2.67. The van der Waals surface area contributed by atoms with Gasteiger partial charge in [-0.25, -0.2) is 4.21 Å². The van der Waals surface area contributed by atoms with Crippen molar-refractivity contribution in [3.05, 3.63) is 65.0 Å². The van der Waals surface area contributed by atoms with Crippen LogP contribution < -0.4 is 0 Å². The predicted molar refractivity (Wildman–Crippen MR) is 98.9 cm³/mol. The highest BCUT2D eigenvalue weighted by Gasteiger charge is 2.30. The molecule has 6 nitrogen and oxygen atoms in total. The van der Waals surface area contributed by atoms with Crippen molar-refractivity contribution in [1.82, 2.24) is 9.97 Å². The largest absolute Gasteiger partial charge is 0.279 e. The van der Waals surface area contributed by atoms with Gasteiger partial charge in [-0.1, -0.05) is 36.0 Å². The Hall–Kier alpha value is -2.84. The molecule has 0 aliphatic carbocycles. The first kappa shape index (κ1) is 15.4. The molecule has 0 bridgehead atoms. The molecule has 4 aromatic rings. The summed E-state index contributed by atoms with van der Waals surface area (Å²) in [4.78, 5) is 22.3. The van der Waals surface area contributed by atoms with Crippen LogP contribution in [0, 0.1) is 10.1 Å². The van der Waals surface area contributed by atoms with Crippen molar-refractivity contribution in [2.75, 3.05) is 0 Å². The van der Waals surface area contributed by atoms with Crippen LogP contribution >= 0.6 is 11.8 Å². The van der Waals surface area contributed by atoms with Crippen LogP contribution in [-0.4, -0.2) is 19.1 Å². The van der Waals surface area contributed by atoms with E-state index in [0.29, 0.717) is 25.6 Å². The molecule has 1 aliphatic heterocycles. The lowest BCUT2D eigenvalue weighted by Gasteiger charge is -2.20. The normalized spacial score (nSPS) is 15.6. The SMILES string of the molecule is O=[N+]([O-])c1cccc2ncc3c(c12)Sc1c(cnc2ccccc12)S3=O. The summed E-state index contributed by atoms with van der Waals surface area (Å²) in [6.07, 6.45) is 3.16. The molecule has 0 N–H and O–H groups in total. The van der Waals surface area contributed by atoms with Crippen LogP contribution in [0.25, 0.3) is 21.8 Å². The minimum absolute atomic E-state index is 0.0295. The average molecular weight is 379 g/mol. The topological polar surface area (TPSA) is 86.0 Å². The Kier molecular flexibility index (Phi) is 3.31. The molecule has 5 rings (SSSR count). The Morgan fingerprint density at radius 1 is 0.923 bits per heavy atom. The lowest BCUT2D eigenvalue weighted by molar-refractivity contribution is -0.383. The number of hydrogen-bond acceptors (Lipinski definition) is 6. The van der Waals surface area contributed by atoms with E-state index in [1.54, 1.807) is 24.5 Å². The molecular formula is C18H9N3O3S2. The van der Waals surface area contributed by atoms with Crippen molar-refractivity contribution >= 4 is 50.1 Å². The molecule has 3 heterocycles. The van der Waals surface area contributed by atoms with Gasteiger partial charge in [0.1, 0.15) is 0 Å². The van der Waals surface area contributed by atoms with Crippen molar-refractivity contribution in [3.63, 3.8) is 0 Å². The summed E-state index contributed by atoms with van der Waals surface area (Å²) in [5.74, 6) is 0. The van der Waals surface area contributed by atoms with Crippen LogP contribution in [-0.2, 0) is 10.8 Å². The summed E-state index contributed by atoms with van der Waals surface area (Å²) in [7, 11) is -1.49. The zero-order valence-electron chi connectivity index (χ0n) is 13.1. The summed E-state index contributed by atoms with van der Waals surface area (Å²) in [5, 5.41) is 12.8. The number of nitro benzene ring substituents is 1. The zero-order chi connectivity index (χ0) is 17.8. The first-order valence-electron chi connectivity index (χ1n) is 7.68. The van der Waals surface area contributed by atoms with Crippen molar-refractivity contribution in [2.24, 2.45) is 0 Å². The standard InChI is InChI=1S/C18H9N3O3S2/c22-21(23)13-7-3-6-12-16(13)18-15(9-20-12)26(24)14-8-19-11-5-2-1-4-10(11)17(14)25-18/h1-9H. The van der Waals surface area contributed by atoms with Crippen LogP contribution in [0.15, 0.2) is 74.4 Å². The number of fused-ring (bicyclic) bond motifs is 6. The highest BCUT2D eigenvalue weighted by Crippen LogP contribution is 2.49. The van der Waals surface area contributed by atoms with Gasteiger partial charge < -0.3 is 0 Å². The van der Waals surface area contributed by atoms with Gasteiger partial charge in [0.05, 0.1) is 41.9 Å². The molecule has 8 heteroatoms. The first-order chi connectivity index (χ1) is 12.6. The molecule has 0 amide bonds. The molecule has 26 heavy (non-hydrogen) atoms. The summed E-state index contributed by atoms with van der Waals surface area (Å²) in [6, 6.07) is 12.4. The Labute approximate surface area is 153 Å². The number of nitro groups is 1. The molecule has 0 saturated carbocycles. The molecule has 2 aromatic heterocycles. The summed E-state index contributed by atoms with van der Waals surface area (Å²) in [6.45, 7) is 0. The maximum Gasteiger partial charge on any atom is 0.279 e. The van der Waals surface area contributed by atoms with E-state index < -0.39 is 15.7 Å². The van der Waals surface area contributed by atoms with Crippen LogP contribution in [0.3, 0.4) is 0 Å². The van der Waals surface area contributed by atoms with Gasteiger partial charge in [-0.2, -0.15) is 0 Å². The third kappa shape index (κ3) is 2.09. The second-order valence-electron chi connectivity index (χ2n) is 5.72. The molecule has 0 fully saturated rings. The maximum atomic E-state index is 13.1. The third-order valence-corrected chi connectivity index (χ3v) is 7.23. The summed E-state index contributed by atoms with van der Waals surface area (Å²) in [5.41, 5.74) is 1.29. The van der Waals surface area contributed by atoms with Crippen molar-refractivity contribution in [3.8, 4) is 0 Å². The highest BCUT2D eigenvalue weighted by atomic mass is 32.2. The molecule has 2 aromatic carbocycles. The van der Waals surface area contributed by atoms with Crippen molar-refractivity contribution in [1.29, 1.82) is 0 Å². The van der Waals surface area contributed by atoms with Gasteiger partial charge in [-0.15, -0.1) is 0 Å². The van der Waals surface area contributed by atoms with E-state index in [0.717, 1.165) is 15.8 Å². The van der Waals surface area contributed by atoms with Gasteiger partial charge in [0, 0.05) is 33.6 Å². The van der Waals surface area contributed by atoms with Gasteiger partial charge in [-0.05, 0) is 12.1 Å². The van der Waals surface area contributed by atoms with E-state index in [-0.39, 0.29) is 5.69 Å². The Bertz CT molecular complexity index is 1270. The first-order valence-corrected chi connectivity index (χ1v) is 9.65. The number of para-hydroxylation sites is 1. The minimum Gasteiger partial charge on any atom is -0.258 e. The van der Waals surface area contributed by atoms with Gasteiger partial charge in [-0.3, -0.25) is 20.1 Å². The lowest BCUT2D eigenvalue weighted by atomic mass is 10.2. The fraction of sp³-hybridized carbons (Fsp3) is 0. The van der Waals surface area contributed by atoms with Crippen LogP contribution in [0.4, 0.5) is 5.69 Å². The van der Waals surface area contributed by atoms with E-state index in [4.69, 9.17) is 0 Å². The van der Waals surface area contributed by atoms with Gasteiger partial charge in [0.2, 0.25) is 0 Å². The predicted octanol–water partition coefficient (Wildman–Crippen LogP) is 4.32. The highest BCUT2D eigenvalue weighted by molar-refractivity contribution is 8.01. The third-order valence-electron chi connectivity index (χ3n) is 4.29. The number of nitrogens with zero attached hydrogens (tertiary/aromatic N) is 3. The second-order valence-corrected chi connectivity index (χ2v) is 8.16. The lowest BCUT2D eigenvalue weighted by Crippen LogP contribution is -2.06. The number of pyridine rings is 2. The van der Waals surface area contributed by atoms with Crippen molar-refractivity contribution < 1.29 is 9.13 Å². The van der Waals surface area contributed by atoms with E-state index in [2.05, 4.69) is 9.97 Å². The Morgan fingerprint density at radius 2 is 1.62 bits per heavy atom. The van der Waals surface area contributed by atoms with Gasteiger partial charge in [0.15, 0.2) is 0 Å². The van der Waals surface area contributed by atoms with Gasteiger partial charge in [0.25, 0.3) is 5.69 Å². The maximum absolute atomic E-state index is 13.1. The molecule has 126 valence electrons. The molecule has 0 spiro atoms. The van der Waals surface area contributed by atoms with Gasteiger partial charge >= 0.3 is 0 Å².